The second-order valence-electron chi connectivity index (χ2n) is 6.43. The number of nitrogens with two attached hydrogens (primary N) is 1. The first-order valence-corrected chi connectivity index (χ1v) is 8.49. The number of carbonyl (C=O) groups excluding carboxylic acids is 2. The second kappa shape index (κ2) is 9.75. The second-order valence-corrected chi connectivity index (χ2v) is 6.43. The number of ether oxygens (including phenoxy) is 1. The van der Waals surface area contributed by atoms with Crippen molar-refractivity contribution in [1.29, 1.82) is 0 Å². The molecule has 1 aromatic rings. The van der Waals surface area contributed by atoms with E-state index in [2.05, 4.69) is 10.6 Å². The molecular formula is C18H28ClN3O3. The van der Waals surface area contributed by atoms with Gasteiger partial charge in [-0.05, 0) is 43.9 Å². The molecule has 0 aromatic heterocycles. The molecule has 1 aromatic carbocycles. The van der Waals surface area contributed by atoms with E-state index in [9.17, 15) is 9.59 Å². The fraction of sp³-hybridized carbons (Fsp3) is 0.556. The summed E-state index contributed by atoms with van der Waals surface area (Å²) in [6, 6.07) is 7.40. The minimum absolute atomic E-state index is 0. The molecule has 25 heavy (non-hydrogen) atoms. The molecule has 7 heteroatoms. The van der Waals surface area contributed by atoms with E-state index in [1.807, 2.05) is 26.0 Å². The lowest BCUT2D eigenvalue weighted by atomic mass is 9.90. The van der Waals surface area contributed by atoms with E-state index >= 15 is 0 Å². The maximum atomic E-state index is 12.3. The SMILES string of the molecule is CCC(C)NC(=O)c1cccc(CNC(=O)C2(N)CCOCC2)c1.Cl. The molecule has 0 radical (unpaired) electrons. The standard InChI is InChI=1S/C18H27N3O3.ClH/c1-3-13(2)21-16(22)15-6-4-5-14(11-15)12-20-17(23)18(19)7-9-24-10-8-18;/h4-6,11,13H,3,7-10,12,19H2,1-2H3,(H,20,23)(H,21,22);1H. The third-order valence-corrected chi connectivity index (χ3v) is 4.47. The van der Waals surface area contributed by atoms with Crippen molar-refractivity contribution >= 4 is 24.2 Å². The highest BCUT2D eigenvalue weighted by molar-refractivity contribution is 5.94. The summed E-state index contributed by atoms with van der Waals surface area (Å²) in [4.78, 5) is 24.5. The van der Waals surface area contributed by atoms with Crippen LogP contribution in [0.4, 0.5) is 0 Å². The summed E-state index contributed by atoms with van der Waals surface area (Å²) >= 11 is 0. The average molecular weight is 370 g/mol. The Bertz CT molecular complexity index is 589. The number of amides is 2. The van der Waals surface area contributed by atoms with Gasteiger partial charge in [0.05, 0.1) is 5.54 Å². The topological polar surface area (TPSA) is 93.5 Å². The first-order valence-electron chi connectivity index (χ1n) is 8.49. The van der Waals surface area contributed by atoms with Gasteiger partial charge in [0.25, 0.3) is 5.91 Å². The van der Waals surface area contributed by atoms with Crippen LogP contribution < -0.4 is 16.4 Å². The highest BCUT2D eigenvalue weighted by Gasteiger charge is 2.35. The van der Waals surface area contributed by atoms with Crippen LogP contribution in [0, 0.1) is 0 Å². The fourth-order valence-corrected chi connectivity index (χ4v) is 2.55. The fourth-order valence-electron chi connectivity index (χ4n) is 2.55. The maximum absolute atomic E-state index is 12.3. The van der Waals surface area contributed by atoms with E-state index in [1.165, 1.54) is 0 Å². The van der Waals surface area contributed by atoms with Crippen LogP contribution >= 0.6 is 12.4 Å². The van der Waals surface area contributed by atoms with Gasteiger partial charge in [0.15, 0.2) is 0 Å². The highest BCUT2D eigenvalue weighted by Crippen LogP contribution is 2.18. The summed E-state index contributed by atoms with van der Waals surface area (Å²) in [7, 11) is 0. The largest absolute Gasteiger partial charge is 0.381 e. The number of hydrogen-bond acceptors (Lipinski definition) is 4. The Morgan fingerprint density at radius 3 is 2.64 bits per heavy atom. The molecule has 1 heterocycles. The summed E-state index contributed by atoms with van der Waals surface area (Å²) in [6.07, 6.45) is 1.93. The van der Waals surface area contributed by atoms with Crippen LogP contribution in [-0.2, 0) is 16.1 Å². The average Bonchev–Trinajstić information content (AvgIpc) is 2.60. The third-order valence-electron chi connectivity index (χ3n) is 4.47. The lowest BCUT2D eigenvalue weighted by molar-refractivity contribution is -0.129. The first-order chi connectivity index (χ1) is 11.4. The Labute approximate surface area is 155 Å². The van der Waals surface area contributed by atoms with Gasteiger partial charge in [0.1, 0.15) is 0 Å². The molecule has 0 bridgehead atoms. The quantitative estimate of drug-likeness (QED) is 0.712. The Hall–Kier alpha value is -1.63. The van der Waals surface area contributed by atoms with Crippen molar-refractivity contribution in [3.8, 4) is 0 Å². The zero-order valence-corrected chi connectivity index (χ0v) is 15.7. The van der Waals surface area contributed by atoms with Crippen LogP contribution in [0.5, 0.6) is 0 Å². The van der Waals surface area contributed by atoms with Crippen molar-refractivity contribution in [3.63, 3.8) is 0 Å². The van der Waals surface area contributed by atoms with Crippen LogP contribution in [0.15, 0.2) is 24.3 Å². The summed E-state index contributed by atoms with van der Waals surface area (Å²) in [6.45, 7) is 5.36. The number of carbonyl (C=O) groups is 2. The van der Waals surface area contributed by atoms with Crippen molar-refractivity contribution in [3.05, 3.63) is 35.4 Å². The molecule has 1 aliphatic rings. The molecule has 2 amide bonds. The lowest BCUT2D eigenvalue weighted by Gasteiger charge is -2.31. The molecule has 2 rings (SSSR count). The summed E-state index contributed by atoms with van der Waals surface area (Å²) in [5.41, 5.74) is 6.77. The van der Waals surface area contributed by atoms with Gasteiger partial charge < -0.3 is 21.1 Å². The molecule has 1 saturated heterocycles. The lowest BCUT2D eigenvalue weighted by Crippen LogP contribution is -2.56. The molecule has 1 aliphatic heterocycles. The van der Waals surface area contributed by atoms with Gasteiger partial charge in [-0.1, -0.05) is 19.1 Å². The summed E-state index contributed by atoms with van der Waals surface area (Å²) in [5.74, 6) is -0.266. The maximum Gasteiger partial charge on any atom is 0.251 e. The van der Waals surface area contributed by atoms with Crippen molar-refractivity contribution in [2.24, 2.45) is 5.73 Å². The van der Waals surface area contributed by atoms with Crippen molar-refractivity contribution in [2.45, 2.75) is 51.2 Å². The van der Waals surface area contributed by atoms with Crippen molar-refractivity contribution in [1.82, 2.24) is 10.6 Å². The molecular weight excluding hydrogens is 342 g/mol. The van der Waals surface area contributed by atoms with Crippen molar-refractivity contribution < 1.29 is 14.3 Å². The molecule has 0 saturated carbocycles. The van der Waals surface area contributed by atoms with Gasteiger partial charge in [-0.15, -0.1) is 12.4 Å². The Kier molecular flexibility index (Phi) is 8.35. The minimum atomic E-state index is -0.857. The molecule has 1 unspecified atom stereocenters. The highest BCUT2D eigenvalue weighted by atomic mass is 35.5. The van der Waals surface area contributed by atoms with Crippen LogP contribution in [0.3, 0.4) is 0 Å². The predicted octanol–water partition coefficient (Wildman–Crippen LogP) is 1.76. The molecule has 1 atom stereocenters. The molecule has 1 fully saturated rings. The molecule has 0 aliphatic carbocycles. The van der Waals surface area contributed by atoms with E-state index in [0.717, 1.165) is 12.0 Å². The number of rotatable bonds is 6. The number of hydrogen-bond donors (Lipinski definition) is 3. The molecule has 140 valence electrons. The smallest absolute Gasteiger partial charge is 0.251 e. The van der Waals surface area contributed by atoms with Crippen LogP contribution in [0.25, 0.3) is 0 Å². The monoisotopic (exact) mass is 369 g/mol. The molecule has 0 spiro atoms. The van der Waals surface area contributed by atoms with E-state index < -0.39 is 5.54 Å². The van der Waals surface area contributed by atoms with E-state index in [1.54, 1.807) is 12.1 Å². The van der Waals surface area contributed by atoms with Crippen LogP contribution in [0.1, 0.15) is 49.0 Å². The Morgan fingerprint density at radius 2 is 2.00 bits per heavy atom. The zero-order valence-electron chi connectivity index (χ0n) is 14.8. The summed E-state index contributed by atoms with van der Waals surface area (Å²) < 4.78 is 5.26. The first kappa shape index (κ1) is 21.4. The Morgan fingerprint density at radius 1 is 1.32 bits per heavy atom. The van der Waals surface area contributed by atoms with E-state index in [4.69, 9.17) is 10.5 Å². The number of halogens is 1. The van der Waals surface area contributed by atoms with Gasteiger partial charge in [-0.25, -0.2) is 0 Å². The molecule has 6 nitrogen and oxygen atoms in total. The van der Waals surface area contributed by atoms with Gasteiger partial charge in [-0.3, -0.25) is 9.59 Å². The minimum Gasteiger partial charge on any atom is -0.381 e. The molecule has 4 N–H and O–H groups in total. The van der Waals surface area contributed by atoms with Gasteiger partial charge >= 0.3 is 0 Å². The normalized spacial score (nSPS) is 17.1. The van der Waals surface area contributed by atoms with Gasteiger partial charge in [0.2, 0.25) is 5.91 Å². The van der Waals surface area contributed by atoms with Gasteiger partial charge in [-0.2, -0.15) is 0 Å². The van der Waals surface area contributed by atoms with Gasteiger partial charge in [0, 0.05) is 31.4 Å². The van der Waals surface area contributed by atoms with Crippen LogP contribution in [0.2, 0.25) is 0 Å². The zero-order chi connectivity index (χ0) is 17.6. The van der Waals surface area contributed by atoms with Crippen LogP contribution in [-0.4, -0.2) is 36.6 Å². The third kappa shape index (κ3) is 5.99. The number of nitrogens with one attached hydrogen (secondary N) is 2. The summed E-state index contributed by atoms with van der Waals surface area (Å²) in [5, 5.41) is 5.81. The van der Waals surface area contributed by atoms with Crippen molar-refractivity contribution in [2.75, 3.05) is 13.2 Å². The van der Waals surface area contributed by atoms with E-state index in [-0.39, 0.29) is 30.3 Å². The number of benzene rings is 1. The Balaban J connectivity index is 0.00000312. The predicted molar refractivity (Wildman–Crippen MR) is 99.7 cm³/mol. The van der Waals surface area contributed by atoms with E-state index in [0.29, 0.717) is 38.2 Å².